The Kier molecular flexibility index (Phi) is 5.02. The summed E-state index contributed by atoms with van der Waals surface area (Å²) >= 11 is 3.55. The fourth-order valence-electron chi connectivity index (χ4n) is 3.01. The normalized spacial score (nSPS) is 13.0. The van der Waals surface area contributed by atoms with Crippen molar-refractivity contribution in [2.45, 2.75) is 19.6 Å². The van der Waals surface area contributed by atoms with Gasteiger partial charge in [0, 0.05) is 39.4 Å². The maximum atomic E-state index is 10.3. The highest BCUT2D eigenvalue weighted by molar-refractivity contribution is 9.10. The Labute approximate surface area is 143 Å². The van der Waals surface area contributed by atoms with Crippen LogP contribution in [0.4, 0.5) is 0 Å². The molecular formula is C18H21BrN2O2. The van der Waals surface area contributed by atoms with Crippen LogP contribution in [-0.4, -0.2) is 40.6 Å². The van der Waals surface area contributed by atoms with Crippen LogP contribution >= 0.6 is 15.9 Å². The molecule has 3 aromatic rings. The summed E-state index contributed by atoms with van der Waals surface area (Å²) in [7, 11) is 0. The minimum atomic E-state index is -0.509. The van der Waals surface area contributed by atoms with Crippen molar-refractivity contribution in [3.05, 3.63) is 46.4 Å². The molecule has 0 saturated carbocycles. The second-order valence-corrected chi connectivity index (χ2v) is 6.79. The molecule has 1 atom stereocenters. The van der Waals surface area contributed by atoms with Crippen molar-refractivity contribution in [3.63, 3.8) is 0 Å². The molecule has 1 heterocycles. The van der Waals surface area contributed by atoms with Gasteiger partial charge in [-0.05, 0) is 37.3 Å². The van der Waals surface area contributed by atoms with Gasteiger partial charge < -0.3 is 20.1 Å². The number of aliphatic hydroxyl groups is 2. The van der Waals surface area contributed by atoms with E-state index in [0.717, 1.165) is 15.5 Å². The summed E-state index contributed by atoms with van der Waals surface area (Å²) in [4.78, 5) is 0. The number of aromatic nitrogens is 1. The van der Waals surface area contributed by atoms with Crippen molar-refractivity contribution in [2.24, 2.45) is 0 Å². The van der Waals surface area contributed by atoms with E-state index in [1.165, 1.54) is 16.3 Å². The Bertz CT molecular complexity index is 769. The molecule has 0 spiro atoms. The number of nitrogens with zero attached hydrogens (tertiary/aromatic N) is 1. The van der Waals surface area contributed by atoms with Gasteiger partial charge in [0.25, 0.3) is 0 Å². The summed E-state index contributed by atoms with van der Waals surface area (Å²) in [5, 5.41) is 24.6. The lowest BCUT2D eigenvalue weighted by Crippen LogP contribution is -2.31. The largest absolute Gasteiger partial charge is 0.395 e. The standard InChI is InChI=1S/C18H21BrN2O2/c1-12-2-4-17-15(8-12)16-9-13(19)3-5-18(16)21(17)11-14(23)10-20-6-7-22/h2-5,8-9,14,20,22-23H,6-7,10-11H2,1H3. The van der Waals surface area contributed by atoms with Crippen LogP contribution in [0.3, 0.4) is 0 Å². The molecule has 122 valence electrons. The van der Waals surface area contributed by atoms with E-state index in [-0.39, 0.29) is 6.61 Å². The van der Waals surface area contributed by atoms with Crippen molar-refractivity contribution in [2.75, 3.05) is 19.7 Å². The molecule has 0 aliphatic heterocycles. The van der Waals surface area contributed by atoms with Gasteiger partial charge in [0.05, 0.1) is 19.3 Å². The summed E-state index contributed by atoms with van der Waals surface area (Å²) in [5.41, 5.74) is 3.47. The number of halogens is 1. The SMILES string of the molecule is Cc1ccc2c(c1)c1cc(Br)ccc1n2CC(O)CNCCO. The highest BCUT2D eigenvalue weighted by atomic mass is 79.9. The lowest BCUT2D eigenvalue weighted by molar-refractivity contribution is 0.151. The van der Waals surface area contributed by atoms with Crippen molar-refractivity contribution >= 4 is 37.7 Å². The summed E-state index contributed by atoms with van der Waals surface area (Å²) in [6.07, 6.45) is -0.509. The van der Waals surface area contributed by atoms with Gasteiger partial charge in [-0.3, -0.25) is 0 Å². The van der Waals surface area contributed by atoms with Gasteiger partial charge in [-0.15, -0.1) is 0 Å². The summed E-state index contributed by atoms with van der Waals surface area (Å²) in [5.74, 6) is 0. The molecule has 0 fully saturated rings. The molecule has 1 unspecified atom stereocenters. The van der Waals surface area contributed by atoms with Gasteiger partial charge in [-0.2, -0.15) is 0 Å². The van der Waals surface area contributed by atoms with Crippen LogP contribution in [0.1, 0.15) is 5.56 Å². The third kappa shape index (κ3) is 3.43. The maximum Gasteiger partial charge on any atom is 0.0843 e. The third-order valence-corrected chi connectivity index (χ3v) is 4.54. The topological polar surface area (TPSA) is 57.4 Å². The van der Waals surface area contributed by atoms with Crippen molar-refractivity contribution < 1.29 is 10.2 Å². The highest BCUT2D eigenvalue weighted by Crippen LogP contribution is 2.32. The molecule has 2 aromatic carbocycles. The monoisotopic (exact) mass is 376 g/mol. The van der Waals surface area contributed by atoms with Crippen LogP contribution < -0.4 is 5.32 Å². The first kappa shape index (κ1) is 16.5. The quantitative estimate of drug-likeness (QED) is 0.579. The number of hydrogen-bond donors (Lipinski definition) is 3. The minimum Gasteiger partial charge on any atom is -0.395 e. The number of rotatable bonds is 6. The number of fused-ring (bicyclic) bond motifs is 3. The van der Waals surface area contributed by atoms with E-state index in [2.05, 4.69) is 63.1 Å². The Morgan fingerprint density at radius 3 is 2.57 bits per heavy atom. The van der Waals surface area contributed by atoms with Gasteiger partial charge in [-0.25, -0.2) is 0 Å². The molecule has 3 rings (SSSR count). The van der Waals surface area contributed by atoms with E-state index < -0.39 is 6.10 Å². The lowest BCUT2D eigenvalue weighted by atomic mass is 10.1. The molecule has 1 aromatic heterocycles. The fourth-order valence-corrected chi connectivity index (χ4v) is 3.37. The molecule has 0 saturated heterocycles. The van der Waals surface area contributed by atoms with Crippen molar-refractivity contribution in [1.29, 1.82) is 0 Å². The Morgan fingerprint density at radius 1 is 1.13 bits per heavy atom. The van der Waals surface area contributed by atoms with Crippen LogP contribution in [0.15, 0.2) is 40.9 Å². The zero-order valence-corrected chi connectivity index (χ0v) is 14.7. The van der Waals surface area contributed by atoms with E-state index in [1.807, 2.05) is 6.07 Å². The molecule has 0 aliphatic carbocycles. The zero-order valence-electron chi connectivity index (χ0n) is 13.1. The number of aryl methyl sites for hydroxylation is 1. The molecule has 0 bridgehead atoms. The first-order chi connectivity index (χ1) is 11.1. The van der Waals surface area contributed by atoms with Gasteiger partial charge in [-0.1, -0.05) is 27.6 Å². The zero-order chi connectivity index (χ0) is 16.4. The first-order valence-electron chi connectivity index (χ1n) is 7.78. The molecular weight excluding hydrogens is 356 g/mol. The van der Waals surface area contributed by atoms with Crippen LogP contribution in [0.25, 0.3) is 21.8 Å². The molecule has 3 N–H and O–H groups in total. The van der Waals surface area contributed by atoms with Crippen LogP contribution in [0.5, 0.6) is 0 Å². The van der Waals surface area contributed by atoms with Gasteiger partial charge in [0.2, 0.25) is 0 Å². The van der Waals surface area contributed by atoms with Crippen LogP contribution in [0, 0.1) is 6.92 Å². The van der Waals surface area contributed by atoms with Gasteiger partial charge in [0.15, 0.2) is 0 Å². The van der Waals surface area contributed by atoms with Crippen LogP contribution in [-0.2, 0) is 6.54 Å². The number of nitrogens with one attached hydrogen (secondary N) is 1. The first-order valence-corrected chi connectivity index (χ1v) is 8.57. The Balaban J connectivity index is 2.03. The van der Waals surface area contributed by atoms with Crippen molar-refractivity contribution in [1.82, 2.24) is 9.88 Å². The average molecular weight is 377 g/mol. The molecule has 5 heteroatoms. The summed E-state index contributed by atoms with van der Waals surface area (Å²) in [6, 6.07) is 12.7. The molecule has 4 nitrogen and oxygen atoms in total. The maximum absolute atomic E-state index is 10.3. The number of hydrogen-bond acceptors (Lipinski definition) is 3. The fraction of sp³-hybridized carbons (Fsp3) is 0.333. The molecule has 0 aliphatic rings. The van der Waals surface area contributed by atoms with E-state index in [0.29, 0.717) is 19.6 Å². The number of benzene rings is 2. The number of aliphatic hydroxyl groups excluding tert-OH is 2. The Hall–Kier alpha value is -1.40. The van der Waals surface area contributed by atoms with E-state index in [4.69, 9.17) is 5.11 Å². The minimum absolute atomic E-state index is 0.0788. The molecule has 0 amide bonds. The third-order valence-electron chi connectivity index (χ3n) is 4.04. The van der Waals surface area contributed by atoms with Crippen molar-refractivity contribution in [3.8, 4) is 0 Å². The van der Waals surface area contributed by atoms with E-state index in [1.54, 1.807) is 0 Å². The average Bonchev–Trinajstić information content (AvgIpc) is 2.80. The Morgan fingerprint density at radius 2 is 1.83 bits per heavy atom. The lowest BCUT2D eigenvalue weighted by Gasteiger charge is -2.14. The predicted molar refractivity (Wildman–Crippen MR) is 97.8 cm³/mol. The molecule has 0 radical (unpaired) electrons. The van der Waals surface area contributed by atoms with Gasteiger partial charge >= 0.3 is 0 Å². The van der Waals surface area contributed by atoms with Gasteiger partial charge in [0.1, 0.15) is 0 Å². The molecule has 23 heavy (non-hydrogen) atoms. The summed E-state index contributed by atoms with van der Waals surface area (Å²) < 4.78 is 3.22. The smallest absolute Gasteiger partial charge is 0.0843 e. The van der Waals surface area contributed by atoms with E-state index in [9.17, 15) is 5.11 Å². The summed E-state index contributed by atoms with van der Waals surface area (Å²) in [6.45, 7) is 3.65. The van der Waals surface area contributed by atoms with Crippen LogP contribution in [0.2, 0.25) is 0 Å². The van der Waals surface area contributed by atoms with E-state index >= 15 is 0 Å². The highest BCUT2D eigenvalue weighted by Gasteiger charge is 2.14. The second-order valence-electron chi connectivity index (χ2n) is 5.87. The second kappa shape index (κ2) is 7.01. The predicted octanol–water partition coefficient (Wildman–Crippen LogP) is 2.81.